The van der Waals surface area contributed by atoms with Gasteiger partial charge in [-0.2, -0.15) is 0 Å². The molecule has 1 nitrogen and oxygen atoms in total. The number of hydrogen-bond donors (Lipinski definition) is 0. The van der Waals surface area contributed by atoms with Crippen molar-refractivity contribution in [3.8, 4) is 0 Å². The lowest BCUT2D eigenvalue weighted by molar-refractivity contribution is 0.0504. The Morgan fingerprint density at radius 1 is 1.50 bits per heavy atom. The third-order valence-electron chi connectivity index (χ3n) is 4.80. The van der Waals surface area contributed by atoms with E-state index < -0.39 is 0 Å². The summed E-state index contributed by atoms with van der Waals surface area (Å²) in [5.74, 6) is 0.963. The third-order valence-corrected chi connectivity index (χ3v) is 4.80. The highest BCUT2D eigenvalue weighted by molar-refractivity contribution is 5.06. The molecule has 3 atom stereocenters. The Morgan fingerprint density at radius 3 is 2.57 bits per heavy atom. The van der Waals surface area contributed by atoms with Gasteiger partial charge in [0.2, 0.25) is 0 Å². The van der Waals surface area contributed by atoms with E-state index in [1.54, 1.807) is 0 Å². The molecule has 1 saturated carbocycles. The van der Waals surface area contributed by atoms with Crippen molar-refractivity contribution in [2.24, 2.45) is 11.3 Å². The van der Waals surface area contributed by atoms with E-state index in [0.29, 0.717) is 11.5 Å². The topological polar surface area (TPSA) is 3.24 Å². The number of nitrogens with zero attached hydrogens (tertiary/aromatic N) is 1. The smallest absolute Gasteiger partial charge is 0.0274 e. The highest BCUT2D eigenvalue weighted by Gasteiger charge is 2.48. The quantitative estimate of drug-likeness (QED) is 0.609. The van der Waals surface area contributed by atoms with Crippen molar-refractivity contribution < 1.29 is 0 Å². The van der Waals surface area contributed by atoms with Crippen molar-refractivity contribution in [3.63, 3.8) is 0 Å². The van der Waals surface area contributed by atoms with Crippen LogP contribution in [0.4, 0.5) is 0 Å². The van der Waals surface area contributed by atoms with Crippen molar-refractivity contribution in [1.82, 2.24) is 4.90 Å². The summed E-state index contributed by atoms with van der Waals surface area (Å²) >= 11 is 0. The van der Waals surface area contributed by atoms with Gasteiger partial charge in [0.1, 0.15) is 0 Å². The van der Waals surface area contributed by atoms with Crippen LogP contribution in [0.15, 0.2) is 12.2 Å². The Hall–Kier alpha value is -0.300. The van der Waals surface area contributed by atoms with Gasteiger partial charge in [0.05, 0.1) is 0 Å². The molecule has 0 bridgehead atoms. The summed E-state index contributed by atoms with van der Waals surface area (Å²) in [5, 5.41) is 0. The Labute approximate surface area is 88.2 Å². The molecule has 80 valence electrons. The summed E-state index contributed by atoms with van der Waals surface area (Å²) in [4.78, 5) is 2.62. The molecule has 0 N–H and O–H groups in total. The highest BCUT2D eigenvalue weighted by Crippen LogP contribution is 2.52. The van der Waals surface area contributed by atoms with Crippen LogP contribution >= 0.6 is 0 Å². The lowest BCUT2D eigenvalue weighted by Gasteiger charge is -2.46. The van der Waals surface area contributed by atoms with E-state index >= 15 is 0 Å². The molecular weight excluding hydrogens is 170 g/mol. The average molecular weight is 193 g/mol. The Morgan fingerprint density at radius 2 is 2.21 bits per heavy atom. The first kappa shape index (κ1) is 10.2. The van der Waals surface area contributed by atoms with Crippen LogP contribution < -0.4 is 0 Å². The molecule has 2 unspecified atom stereocenters. The second kappa shape index (κ2) is 3.37. The van der Waals surface area contributed by atoms with Crippen LogP contribution in [0.25, 0.3) is 0 Å². The van der Waals surface area contributed by atoms with E-state index in [1.807, 2.05) is 0 Å². The van der Waals surface area contributed by atoms with Crippen molar-refractivity contribution in [2.75, 3.05) is 13.1 Å². The number of likely N-dealkylation sites (tertiary alicyclic amines) is 1. The van der Waals surface area contributed by atoms with Crippen LogP contribution in [0.3, 0.4) is 0 Å². The van der Waals surface area contributed by atoms with Gasteiger partial charge in [-0.3, -0.25) is 4.90 Å². The van der Waals surface area contributed by atoms with Gasteiger partial charge in [0.25, 0.3) is 0 Å². The van der Waals surface area contributed by atoms with Gasteiger partial charge in [-0.05, 0) is 51.0 Å². The zero-order valence-electron chi connectivity index (χ0n) is 9.84. The zero-order chi connectivity index (χ0) is 10.3. The first-order valence-electron chi connectivity index (χ1n) is 5.95. The summed E-state index contributed by atoms with van der Waals surface area (Å²) in [7, 11) is 0. The third kappa shape index (κ3) is 1.42. The Bertz CT molecular complexity index is 246. The maximum Gasteiger partial charge on any atom is 0.0274 e. The van der Waals surface area contributed by atoms with Gasteiger partial charge in [0, 0.05) is 12.6 Å². The summed E-state index contributed by atoms with van der Waals surface area (Å²) in [5.41, 5.74) is 2.01. The summed E-state index contributed by atoms with van der Waals surface area (Å²) in [6, 6.07) is 0.585. The molecule has 14 heavy (non-hydrogen) atoms. The van der Waals surface area contributed by atoms with Gasteiger partial charge in [-0.1, -0.05) is 19.1 Å². The molecule has 0 amide bonds. The monoisotopic (exact) mass is 193 g/mol. The summed E-state index contributed by atoms with van der Waals surface area (Å²) in [6.07, 6.45) is 4.34. The fourth-order valence-electron chi connectivity index (χ4n) is 3.02. The van der Waals surface area contributed by atoms with E-state index in [-0.39, 0.29) is 0 Å². The van der Waals surface area contributed by atoms with Crippen molar-refractivity contribution in [1.29, 1.82) is 0 Å². The second-order valence-electron chi connectivity index (χ2n) is 5.54. The molecule has 1 heteroatoms. The Balaban J connectivity index is 1.98. The lowest BCUT2D eigenvalue weighted by Crippen LogP contribution is -2.42. The first-order chi connectivity index (χ1) is 6.55. The molecule has 1 heterocycles. The van der Waals surface area contributed by atoms with Gasteiger partial charge in [-0.25, -0.2) is 0 Å². The fraction of sp³-hybridized carbons (Fsp3) is 0.846. The molecular formula is C13H23N. The lowest BCUT2D eigenvalue weighted by atomic mass is 9.60. The molecule has 1 spiro atoms. The van der Waals surface area contributed by atoms with Crippen LogP contribution in [0.1, 0.15) is 40.0 Å². The normalized spacial score (nSPS) is 39.8. The number of hydrogen-bond acceptors (Lipinski definition) is 1. The minimum Gasteiger partial charge on any atom is -0.296 e. The van der Waals surface area contributed by atoms with Crippen LogP contribution in [0.2, 0.25) is 0 Å². The van der Waals surface area contributed by atoms with E-state index in [1.165, 1.54) is 37.9 Å². The Kier molecular flexibility index (Phi) is 2.46. The van der Waals surface area contributed by atoms with E-state index in [0.717, 1.165) is 5.92 Å². The number of rotatable bonds is 2. The van der Waals surface area contributed by atoms with Crippen LogP contribution in [-0.2, 0) is 0 Å². The molecule has 1 saturated heterocycles. The molecule has 2 aliphatic rings. The highest BCUT2D eigenvalue weighted by atomic mass is 15.2. The van der Waals surface area contributed by atoms with Crippen molar-refractivity contribution in [2.45, 2.75) is 46.1 Å². The first-order valence-corrected chi connectivity index (χ1v) is 5.95. The molecule has 2 rings (SSSR count). The second-order valence-corrected chi connectivity index (χ2v) is 5.54. The SMILES string of the molecule is C=C(C)[C@H](C)N1CCC2(CCC2C)C1. The largest absolute Gasteiger partial charge is 0.296 e. The van der Waals surface area contributed by atoms with E-state index in [2.05, 4.69) is 32.3 Å². The fourth-order valence-corrected chi connectivity index (χ4v) is 3.02. The van der Waals surface area contributed by atoms with Gasteiger partial charge < -0.3 is 0 Å². The van der Waals surface area contributed by atoms with Crippen LogP contribution in [0, 0.1) is 11.3 Å². The average Bonchev–Trinajstić information content (AvgIpc) is 2.61. The van der Waals surface area contributed by atoms with E-state index in [4.69, 9.17) is 0 Å². The minimum atomic E-state index is 0.585. The van der Waals surface area contributed by atoms with E-state index in [9.17, 15) is 0 Å². The molecule has 1 aliphatic heterocycles. The van der Waals surface area contributed by atoms with Gasteiger partial charge in [-0.15, -0.1) is 0 Å². The summed E-state index contributed by atoms with van der Waals surface area (Å²) < 4.78 is 0. The maximum atomic E-state index is 4.07. The van der Waals surface area contributed by atoms with Crippen molar-refractivity contribution in [3.05, 3.63) is 12.2 Å². The molecule has 1 aliphatic carbocycles. The molecule has 0 aromatic carbocycles. The molecule has 0 aromatic rings. The standard InChI is InChI=1S/C13H23N/c1-10(2)12(4)14-8-7-13(9-14)6-5-11(13)3/h11-12H,1,5-9H2,2-4H3/t11?,12-,13?/m0/s1. The predicted octanol–water partition coefficient (Wildman–Crippen LogP) is 3.07. The summed E-state index contributed by atoms with van der Waals surface area (Å²) in [6.45, 7) is 13.6. The minimum absolute atomic E-state index is 0.585. The van der Waals surface area contributed by atoms with Crippen LogP contribution in [0.5, 0.6) is 0 Å². The predicted molar refractivity (Wildman–Crippen MR) is 61.3 cm³/mol. The van der Waals surface area contributed by atoms with Gasteiger partial charge >= 0.3 is 0 Å². The van der Waals surface area contributed by atoms with Crippen molar-refractivity contribution >= 4 is 0 Å². The maximum absolute atomic E-state index is 4.07. The molecule has 2 fully saturated rings. The molecule has 0 aromatic heterocycles. The van der Waals surface area contributed by atoms with Crippen LogP contribution in [-0.4, -0.2) is 24.0 Å². The van der Waals surface area contributed by atoms with Gasteiger partial charge in [0.15, 0.2) is 0 Å². The zero-order valence-corrected chi connectivity index (χ0v) is 9.84. The molecule has 0 radical (unpaired) electrons.